The van der Waals surface area contributed by atoms with Crippen LogP contribution in [0, 0.1) is 0 Å². The van der Waals surface area contributed by atoms with Crippen LogP contribution in [0.2, 0.25) is 0 Å². The molecule has 3 nitrogen and oxygen atoms in total. The van der Waals surface area contributed by atoms with E-state index in [0.717, 1.165) is 23.0 Å². The highest BCUT2D eigenvalue weighted by Crippen LogP contribution is 2.37. The summed E-state index contributed by atoms with van der Waals surface area (Å²) in [6, 6.07) is 16.3. The third-order valence-electron chi connectivity index (χ3n) is 3.84. The van der Waals surface area contributed by atoms with Crippen LogP contribution < -0.4 is 9.47 Å². The molecule has 2 atom stereocenters. The number of hydrogen-bond donors (Lipinski definition) is 0. The zero-order valence-corrected chi connectivity index (χ0v) is 13.6. The van der Waals surface area contributed by atoms with Crippen molar-refractivity contribution < 1.29 is 14.2 Å². The lowest BCUT2D eigenvalue weighted by molar-refractivity contribution is 0.00509. The standard InChI is InChI=1S/C18H20O3S/c1-19-15-7-3-13(4-8-15)17-11-22-12-18(21-17)14-5-9-16(20-2)10-6-14/h3-10,17-18H,11-12H2,1-2H3. The van der Waals surface area contributed by atoms with Crippen molar-refractivity contribution in [3.8, 4) is 11.5 Å². The van der Waals surface area contributed by atoms with Gasteiger partial charge in [0.15, 0.2) is 0 Å². The van der Waals surface area contributed by atoms with E-state index in [2.05, 4.69) is 24.3 Å². The van der Waals surface area contributed by atoms with Crippen LogP contribution in [0.5, 0.6) is 11.5 Å². The molecule has 116 valence electrons. The van der Waals surface area contributed by atoms with E-state index in [0.29, 0.717) is 0 Å². The Morgan fingerprint density at radius 3 is 1.55 bits per heavy atom. The first-order valence-electron chi connectivity index (χ1n) is 7.31. The molecule has 2 aromatic carbocycles. The zero-order valence-electron chi connectivity index (χ0n) is 12.8. The minimum Gasteiger partial charge on any atom is -0.497 e. The predicted octanol–water partition coefficient (Wildman–Crippen LogP) is 4.25. The molecule has 1 aliphatic heterocycles. The SMILES string of the molecule is COc1ccc(C2CSCC(c3ccc(OC)cc3)O2)cc1. The van der Waals surface area contributed by atoms with E-state index >= 15 is 0 Å². The molecule has 1 aliphatic rings. The van der Waals surface area contributed by atoms with Gasteiger partial charge in [-0.1, -0.05) is 24.3 Å². The minimum absolute atomic E-state index is 0.122. The number of ether oxygens (including phenoxy) is 3. The second-order valence-electron chi connectivity index (χ2n) is 5.20. The third kappa shape index (κ3) is 3.39. The topological polar surface area (TPSA) is 27.7 Å². The fourth-order valence-corrected chi connectivity index (χ4v) is 3.65. The number of benzene rings is 2. The molecule has 0 N–H and O–H groups in total. The van der Waals surface area contributed by atoms with Crippen LogP contribution in [-0.2, 0) is 4.74 Å². The lowest BCUT2D eigenvalue weighted by atomic mass is 10.1. The van der Waals surface area contributed by atoms with Gasteiger partial charge < -0.3 is 14.2 Å². The maximum absolute atomic E-state index is 6.30. The number of thioether (sulfide) groups is 1. The van der Waals surface area contributed by atoms with Gasteiger partial charge in [0.2, 0.25) is 0 Å². The van der Waals surface area contributed by atoms with Gasteiger partial charge in [0.25, 0.3) is 0 Å². The van der Waals surface area contributed by atoms with Crippen LogP contribution >= 0.6 is 11.8 Å². The average molecular weight is 316 g/mol. The normalized spacial score (nSPS) is 21.4. The third-order valence-corrected chi connectivity index (χ3v) is 4.92. The van der Waals surface area contributed by atoms with E-state index in [9.17, 15) is 0 Å². The second kappa shape index (κ2) is 7.07. The fourth-order valence-electron chi connectivity index (χ4n) is 2.55. The van der Waals surface area contributed by atoms with Gasteiger partial charge in [-0.2, -0.15) is 11.8 Å². The molecule has 0 spiro atoms. The van der Waals surface area contributed by atoms with E-state index in [-0.39, 0.29) is 12.2 Å². The van der Waals surface area contributed by atoms with Crippen molar-refractivity contribution in [1.82, 2.24) is 0 Å². The van der Waals surface area contributed by atoms with Gasteiger partial charge in [0, 0.05) is 11.5 Å². The maximum Gasteiger partial charge on any atom is 0.118 e. The molecule has 1 heterocycles. The molecule has 4 heteroatoms. The Balaban J connectivity index is 1.72. The molecule has 0 bridgehead atoms. The summed E-state index contributed by atoms with van der Waals surface area (Å²) in [4.78, 5) is 0. The molecule has 1 saturated heterocycles. The Labute approximate surface area is 135 Å². The van der Waals surface area contributed by atoms with E-state index in [1.807, 2.05) is 36.0 Å². The van der Waals surface area contributed by atoms with Crippen LogP contribution in [0.3, 0.4) is 0 Å². The maximum atomic E-state index is 6.30. The van der Waals surface area contributed by atoms with Crippen molar-refractivity contribution in [2.75, 3.05) is 25.7 Å². The molecule has 0 saturated carbocycles. The second-order valence-corrected chi connectivity index (χ2v) is 6.27. The van der Waals surface area contributed by atoms with Crippen molar-refractivity contribution in [2.45, 2.75) is 12.2 Å². The molecule has 2 aromatic rings. The summed E-state index contributed by atoms with van der Waals surface area (Å²) in [7, 11) is 3.36. The van der Waals surface area contributed by atoms with Gasteiger partial charge in [-0.3, -0.25) is 0 Å². The van der Waals surface area contributed by atoms with Crippen LogP contribution in [0.15, 0.2) is 48.5 Å². The van der Waals surface area contributed by atoms with E-state index in [1.54, 1.807) is 14.2 Å². The molecule has 0 aliphatic carbocycles. The highest BCUT2D eigenvalue weighted by molar-refractivity contribution is 7.99. The van der Waals surface area contributed by atoms with Crippen molar-refractivity contribution in [3.05, 3.63) is 59.7 Å². The predicted molar refractivity (Wildman–Crippen MR) is 89.9 cm³/mol. The van der Waals surface area contributed by atoms with Gasteiger partial charge in [-0.05, 0) is 35.4 Å². The number of hydrogen-bond acceptors (Lipinski definition) is 4. The number of methoxy groups -OCH3 is 2. The first kappa shape index (κ1) is 15.3. The molecule has 22 heavy (non-hydrogen) atoms. The van der Waals surface area contributed by atoms with Gasteiger partial charge in [0.05, 0.1) is 26.4 Å². The van der Waals surface area contributed by atoms with Gasteiger partial charge in [-0.15, -0.1) is 0 Å². The molecule has 0 radical (unpaired) electrons. The molecule has 0 aromatic heterocycles. The highest BCUT2D eigenvalue weighted by atomic mass is 32.2. The van der Waals surface area contributed by atoms with Crippen LogP contribution in [0.25, 0.3) is 0 Å². The lowest BCUT2D eigenvalue weighted by Gasteiger charge is -2.30. The monoisotopic (exact) mass is 316 g/mol. The van der Waals surface area contributed by atoms with Gasteiger partial charge in [0.1, 0.15) is 11.5 Å². The average Bonchev–Trinajstić information content (AvgIpc) is 2.62. The Kier molecular flexibility index (Phi) is 4.90. The molecule has 0 amide bonds. The fraction of sp³-hybridized carbons (Fsp3) is 0.333. The summed E-state index contributed by atoms with van der Waals surface area (Å²) >= 11 is 1.93. The quantitative estimate of drug-likeness (QED) is 0.843. The molecule has 2 unspecified atom stereocenters. The van der Waals surface area contributed by atoms with E-state index in [1.165, 1.54) is 11.1 Å². The first-order chi connectivity index (χ1) is 10.8. The lowest BCUT2D eigenvalue weighted by Crippen LogP contribution is -2.20. The summed E-state index contributed by atoms with van der Waals surface area (Å²) in [5, 5.41) is 0. The van der Waals surface area contributed by atoms with E-state index in [4.69, 9.17) is 14.2 Å². The first-order valence-corrected chi connectivity index (χ1v) is 8.46. The van der Waals surface area contributed by atoms with Crippen molar-refractivity contribution in [3.63, 3.8) is 0 Å². The Morgan fingerprint density at radius 1 is 0.773 bits per heavy atom. The van der Waals surface area contributed by atoms with Gasteiger partial charge in [-0.25, -0.2) is 0 Å². The Morgan fingerprint density at radius 2 is 1.18 bits per heavy atom. The molecular formula is C18H20O3S. The summed E-state index contributed by atoms with van der Waals surface area (Å²) in [6.45, 7) is 0. The Bertz CT molecular complexity index is 541. The summed E-state index contributed by atoms with van der Waals surface area (Å²) < 4.78 is 16.7. The van der Waals surface area contributed by atoms with Crippen molar-refractivity contribution >= 4 is 11.8 Å². The molecule has 1 fully saturated rings. The van der Waals surface area contributed by atoms with Crippen molar-refractivity contribution in [2.24, 2.45) is 0 Å². The molecule has 3 rings (SSSR count). The van der Waals surface area contributed by atoms with Crippen LogP contribution in [-0.4, -0.2) is 25.7 Å². The van der Waals surface area contributed by atoms with Gasteiger partial charge >= 0.3 is 0 Å². The summed E-state index contributed by atoms with van der Waals surface area (Å²) in [5.74, 6) is 3.72. The molecular weight excluding hydrogens is 296 g/mol. The highest BCUT2D eigenvalue weighted by Gasteiger charge is 2.25. The van der Waals surface area contributed by atoms with Crippen LogP contribution in [0.4, 0.5) is 0 Å². The zero-order chi connectivity index (χ0) is 15.4. The number of rotatable bonds is 4. The smallest absolute Gasteiger partial charge is 0.118 e. The largest absolute Gasteiger partial charge is 0.497 e. The summed E-state index contributed by atoms with van der Waals surface area (Å²) in [6.07, 6.45) is 0.244. The Hall–Kier alpha value is -1.65. The van der Waals surface area contributed by atoms with Crippen LogP contribution in [0.1, 0.15) is 23.3 Å². The van der Waals surface area contributed by atoms with Crippen molar-refractivity contribution in [1.29, 1.82) is 0 Å². The minimum atomic E-state index is 0.122. The summed E-state index contributed by atoms with van der Waals surface area (Å²) in [5.41, 5.74) is 2.40. The van der Waals surface area contributed by atoms with E-state index < -0.39 is 0 Å².